The minimum absolute atomic E-state index is 0.450. The topological polar surface area (TPSA) is 24.8 Å². The van der Waals surface area contributed by atoms with Gasteiger partial charge in [-0.3, -0.25) is 4.99 Å². The average molecular weight is 182 g/mol. The molecule has 2 atom stereocenters. The first-order valence-electron chi connectivity index (χ1n) is 5.14. The van der Waals surface area contributed by atoms with Crippen LogP contribution in [0.15, 0.2) is 4.99 Å². The molecule has 0 spiro atoms. The van der Waals surface area contributed by atoms with Gasteiger partial charge in [-0.25, -0.2) is 0 Å². The minimum Gasteiger partial charge on any atom is -0.379 e. The van der Waals surface area contributed by atoms with E-state index in [0.29, 0.717) is 12.0 Å². The summed E-state index contributed by atoms with van der Waals surface area (Å²) in [5, 5.41) is 0. The van der Waals surface area contributed by atoms with Gasteiger partial charge in [-0.15, -0.1) is 0 Å². The molecule has 2 aliphatic heterocycles. The van der Waals surface area contributed by atoms with Gasteiger partial charge in [-0.2, -0.15) is 0 Å². The maximum Gasteiger partial charge on any atom is 0.0751 e. The lowest BCUT2D eigenvalue weighted by atomic mass is 10.1. The van der Waals surface area contributed by atoms with Crippen LogP contribution in [0.25, 0.3) is 0 Å². The van der Waals surface area contributed by atoms with Gasteiger partial charge < -0.3 is 9.64 Å². The third kappa shape index (κ3) is 2.51. The maximum atomic E-state index is 5.27. The van der Waals surface area contributed by atoms with Gasteiger partial charge in [0.05, 0.1) is 12.6 Å². The van der Waals surface area contributed by atoms with Crippen molar-refractivity contribution in [2.75, 3.05) is 33.4 Å². The van der Waals surface area contributed by atoms with Crippen LogP contribution in [0.3, 0.4) is 0 Å². The standard InChI is InChI=1S/C10H18N2O/c1-12-4-2-9(7-12)6-11-10-3-5-13-8-10/h6,9-10H,2-5,7-8H2,1H3/b11-6+/t9?,10-/m0/s1. The van der Waals surface area contributed by atoms with E-state index in [2.05, 4.69) is 23.2 Å². The Labute approximate surface area is 79.8 Å². The molecule has 74 valence electrons. The summed E-state index contributed by atoms with van der Waals surface area (Å²) in [5.74, 6) is 0.686. The molecule has 0 amide bonds. The van der Waals surface area contributed by atoms with Crippen molar-refractivity contribution in [3.05, 3.63) is 0 Å². The van der Waals surface area contributed by atoms with Gasteiger partial charge >= 0.3 is 0 Å². The third-order valence-corrected chi connectivity index (χ3v) is 2.84. The Morgan fingerprint density at radius 1 is 1.46 bits per heavy atom. The largest absolute Gasteiger partial charge is 0.379 e. The molecule has 3 nitrogen and oxygen atoms in total. The zero-order valence-corrected chi connectivity index (χ0v) is 8.28. The number of hydrogen-bond donors (Lipinski definition) is 0. The number of likely N-dealkylation sites (tertiary alicyclic amines) is 1. The highest BCUT2D eigenvalue weighted by Crippen LogP contribution is 2.13. The molecule has 2 heterocycles. The SMILES string of the molecule is CN1CCC(/C=N/[C@H]2CCOC2)C1. The first-order valence-corrected chi connectivity index (χ1v) is 5.14. The summed E-state index contributed by atoms with van der Waals surface area (Å²) in [7, 11) is 2.17. The van der Waals surface area contributed by atoms with E-state index in [-0.39, 0.29) is 0 Å². The molecule has 0 aliphatic carbocycles. The quantitative estimate of drug-likeness (QED) is 0.590. The number of aliphatic imine (C=N–C) groups is 1. The zero-order chi connectivity index (χ0) is 9.10. The molecule has 3 heteroatoms. The summed E-state index contributed by atoms with van der Waals surface area (Å²) in [6, 6.07) is 0.450. The van der Waals surface area contributed by atoms with Crippen molar-refractivity contribution < 1.29 is 4.74 Å². The predicted octanol–water partition coefficient (Wildman–Crippen LogP) is 0.798. The lowest BCUT2D eigenvalue weighted by molar-refractivity contribution is 0.194. The summed E-state index contributed by atoms with van der Waals surface area (Å²) in [4.78, 5) is 6.93. The molecule has 13 heavy (non-hydrogen) atoms. The van der Waals surface area contributed by atoms with Crippen LogP contribution in [-0.4, -0.2) is 50.5 Å². The fraction of sp³-hybridized carbons (Fsp3) is 0.900. The highest BCUT2D eigenvalue weighted by molar-refractivity contribution is 5.61. The van der Waals surface area contributed by atoms with Crippen LogP contribution in [0.1, 0.15) is 12.8 Å². The van der Waals surface area contributed by atoms with Crippen molar-refractivity contribution in [2.45, 2.75) is 18.9 Å². The van der Waals surface area contributed by atoms with Crippen molar-refractivity contribution in [3.63, 3.8) is 0 Å². The van der Waals surface area contributed by atoms with Crippen LogP contribution in [-0.2, 0) is 4.74 Å². The van der Waals surface area contributed by atoms with Crippen LogP contribution in [0.2, 0.25) is 0 Å². The van der Waals surface area contributed by atoms with Crippen molar-refractivity contribution in [1.82, 2.24) is 4.90 Å². The minimum atomic E-state index is 0.450. The molecule has 0 saturated carbocycles. The van der Waals surface area contributed by atoms with Gasteiger partial charge in [-0.05, 0) is 26.4 Å². The second-order valence-corrected chi connectivity index (χ2v) is 4.13. The van der Waals surface area contributed by atoms with E-state index in [1.54, 1.807) is 0 Å². The van der Waals surface area contributed by atoms with E-state index in [1.807, 2.05) is 0 Å². The molecule has 0 N–H and O–H groups in total. The Hall–Kier alpha value is -0.410. The Morgan fingerprint density at radius 2 is 2.38 bits per heavy atom. The second kappa shape index (κ2) is 4.20. The van der Waals surface area contributed by atoms with E-state index in [1.165, 1.54) is 19.5 Å². The molecule has 0 aromatic rings. The third-order valence-electron chi connectivity index (χ3n) is 2.84. The van der Waals surface area contributed by atoms with Crippen molar-refractivity contribution in [3.8, 4) is 0 Å². The Morgan fingerprint density at radius 3 is 3.00 bits per heavy atom. The summed E-state index contributed by atoms with van der Waals surface area (Å²) < 4.78 is 5.27. The van der Waals surface area contributed by atoms with Gasteiger partial charge in [0.25, 0.3) is 0 Å². The average Bonchev–Trinajstić information content (AvgIpc) is 2.71. The lowest BCUT2D eigenvalue weighted by Gasteiger charge is -2.06. The van der Waals surface area contributed by atoms with E-state index < -0.39 is 0 Å². The Bertz CT molecular complexity index is 187. The highest BCUT2D eigenvalue weighted by atomic mass is 16.5. The molecule has 2 rings (SSSR count). The van der Waals surface area contributed by atoms with E-state index in [4.69, 9.17) is 4.74 Å². The van der Waals surface area contributed by atoms with Crippen molar-refractivity contribution >= 4 is 6.21 Å². The van der Waals surface area contributed by atoms with Crippen LogP contribution in [0.4, 0.5) is 0 Å². The highest BCUT2D eigenvalue weighted by Gasteiger charge is 2.18. The van der Waals surface area contributed by atoms with Gasteiger partial charge in [0.15, 0.2) is 0 Å². The number of ether oxygens (including phenoxy) is 1. The van der Waals surface area contributed by atoms with Gasteiger partial charge in [0.2, 0.25) is 0 Å². The smallest absolute Gasteiger partial charge is 0.0751 e. The number of nitrogens with zero attached hydrogens (tertiary/aromatic N) is 2. The fourth-order valence-electron chi connectivity index (χ4n) is 1.97. The molecule has 0 aromatic carbocycles. The molecule has 0 aromatic heterocycles. The maximum absolute atomic E-state index is 5.27. The molecule has 2 fully saturated rings. The van der Waals surface area contributed by atoms with E-state index in [9.17, 15) is 0 Å². The molecular formula is C10H18N2O. The van der Waals surface area contributed by atoms with Crippen LogP contribution >= 0.6 is 0 Å². The summed E-state index contributed by atoms with van der Waals surface area (Å²) >= 11 is 0. The number of rotatable bonds is 2. The first-order chi connectivity index (χ1) is 6.34. The number of hydrogen-bond acceptors (Lipinski definition) is 3. The van der Waals surface area contributed by atoms with E-state index >= 15 is 0 Å². The fourth-order valence-corrected chi connectivity index (χ4v) is 1.97. The van der Waals surface area contributed by atoms with Crippen LogP contribution in [0, 0.1) is 5.92 Å². The monoisotopic (exact) mass is 182 g/mol. The molecule has 0 bridgehead atoms. The van der Waals surface area contributed by atoms with Gasteiger partial charge in [0, 0.05) is 25.3 Å². The summed E-state index contributed by atoms with van der Waals surface area (Å²) in [6.07, 6.45) is 4.54. The first kappa shape index (κ1) is 9.16. The van der Waals surface area contributed by atoms with Gasteiger partial charge in [0.1, 0.15) is 0 Å². The van der Waals surface area contributed by atoms with Crippen LogP contribution < -0.4 is 0 Å². The molecule has 0 radical (unpaired) electrons. The summed E-state index contributed by atoms with van der Waals surface area (Å²) in [6.45, 7) is 4.13. The molecule has 2 aliphatic rings. The Balaban J connectivity index is 1.76. The van der Waals surface area contributed by atoms with Crippen LogP contribution in [0.5, 0.6) is 0 Å². The normalized spacial score (nSPS) is 36.4. The second-order valence-electron chi connectivity index (χ2n) is 4.13. The molecular weight excluding hydrogens is 164 g/mol. The molecule has 2 saturated heterocycles. The zero-order valence-electron chi connectivity index (χ0n) is 8.28. The summed E-state index contributed by atoms with van der Waals surface area (Å²) in [5.41, 5.74) is 0. The predicted molar refractivity (Wildman–Crippen MR) is 53.3 cm³/mol. The van der Waals surface area contributed by atoms with Crippen molar-refractivity contribution in [2.24, 2.45) is 10.9 Å². The van der Waals surface area contributed by atoms with Crippen molar-refractivity contribution in [1.29, 1.82) is 0 Å². The van der Waals surface area contributed by atoms with Gasteiger partial charge in [-0.1, -0.05) is 0 Å². The molecule has 1 unspecified atom stereocenters. The Kier molecular flexibility index (Phi) is 2.96. The lowest BCUT2D eigenvalue weighted by Crippen LogP contribution is -2.15. The van der Waals surface area contributed by atoms with E-state index in [0.717, 1.165) is 19.6 Å².